The van der Waals surface area contributed by atoms with E-state index in [0.29, 0.717) is 16.2 Å². The van der Waals surface area contributed by atoms with Crippen LogP contribution < -0.4 is 10.0 Å². The average molecular weight is 314 g/mol. The summed E-state index contributed by atoms with van der Waals surface area (Å²) in [6.45, 7) is 2.93. The van der Waals surface area contributed by atoms with Crippen LogP contribution in [0.4, 0.5) is 0 Å². The van der Waals surface area contributed by atoms with Crippen molar-refractivity contribution in [1.29, 1.82) is 0 Å². The maximum absolute atomic E-state index is 12.3. The van der Waals surface area contributed by atoms with Crippen molar-refractivity contribution in [3.8, 4) is 0 Å². The third kappa shape index (κ3) is 3.61. The summed E-state index contributed by atoms with van der Waals surface area (Å²) in [4.78, 5) is 1.10. The Labute approximate surface area is 125 Å². The molecule has 0 bridgehead atoms. The van der Waals surface area contributed by atoms with Gasteiger partial charge in [0, 0.05) is 23.5 Å². The first kappa shape index (κ1) is 14.5. The fourth-order valence-electron chi connectivity index (χ4n) is 2.47. The van der Waals surface area contributed by atoms with Crippen LogP contribution in [0.2, 0.25) is 0 Å². The van der Waals surface area contributed by atoms with Gasteiger partial charge in [-0.2, -0.15) is 0 Å². The highest BCUT2D eigenvalue weighted by Gasteiger charge is 2.39. The molecule has 2 unspecified atom stereocenters. The number of thiophene rings is 1. The molecule has 1 aromatic rings. The standard InChI is InChI=1S/C14H22N2O2S2/c1-2-3-10-8-13(10)16-20(17,18)14-7-6-12(19-14)9-15-11-4-5-11/h6-7,10-11,13,15-16H,2-5,8-9H2,1H3. The van der Waals surface area contributed by atoms with Gasteiger partial charge in [-0.25, -0.2) is 13.1 Å². The summed E-state index contributed by atoms with van der Waals surface area (Å²) < 4.78 is 27.8. The summed E-state index contributed by atoms with van der Waals surface area (Å²) >= 11 is 1.38. The van der Waals surface area contributed by atoms with Crippen LogP contribution in [0.15, 0.2) is 16.3 Å². The number of nitrogens with one attached hydrogen (secondary N) is 2. The summed E-state index contributed by atoms with van der Waals surface area (Å²) in [7, 11) is -3.31. The minimum absolute atomic E-state index is 0.162. The molecular weight excluding hydrogens is 292 g/mol. The Hall–Kier alpha value is -0.430. The zero-order valence-corrected chi connectivity index (χ0v) is 13.4. The molecule has 2 fully saturated rings. The van der Waals surface area contributed by atoms with E-state index in [9.17, 15) is 8.42 Å². The van der Waals surface area contributed by atoms with Gasteiger partial charge in [-0.05, 0) is 43.7 Å². The van der Waals surface area contributed by atoms with Gasteiger partial charge in [0.2, 0.25) is 10.0 Å². The Morgan fingerprint density at radius 1 is 1.35 bits per heavy atom. The molecule has 0 amide bonds. The van der Waals surface area contributed by atoms with E-state index in [2.05, 4.69) is 17.0 Å². The minimum atomic E-state index is -3.31. The third-order valence-electron chi connectivity index (χ3n) is 3.93. The van der Waals surface area contributed by atoms with Gasteiger partial charge in [0.1, 0.15) is 4.21 Å². The lowest BCUT2D eigenvalue weighted by Crippen LogP contribution is -2.26. The van der Waals surface area contributed by atoms with Crippen molar-refractivity contribution in [2.24, 2.45) is 5.92 Å². The summed E-state index contributed by atoms with van der Waals surface area (Å²) in [5, 5.41) is 3.41. The van der Waals surface area contributed by atoms with Crippen LogP contribution in [0.3, 0.4) is 0 Å². The molecule has 20 heavy (non-hydrogen) atoms. The lowest BCUT2D eigenvalue weighted by molar-refractivity contribution is 0.575. The molecule has 2 N–H and O–H groups in total. The molecule has 1 heterocycles. The molecule has 2 atom stereocenters. The van der Waals surface area contributed by atoms with Crippen molar-refractivity contribution in [3.05, 3.63) is 17.0 Å². The topological polar surface area (TPSA) is 58.2 Å². The normalized spacial score (nSPS) is 25.9. The van der Waals surface area contributed by atoms with E-state index in [1.165, 1.54) is 24.2 Å². The summed E-state index contributed by atoms with van der Waals surface area (Å²) in [6, 6.07) is 4.46. The molecule has 0 aromatic carbocycles. The first-order chi connectivity index (χ1) is 9.58. The Balaban J connectivity index is 1.56. The smallest absolute Gasteiger partial charge is 0.250 e. The highest BCUT2D eigenvalue weighted by atomic mass is 32.2. The van der Waals surface area contributed by atoms with Crippen LogP contribution in [0.5, 0.6) is 0 Å². The second-order valence-electron chi connectivity index (χ2n) is 5.89. The molecule has 3 rings (SSSR count). The van der Waals surface area contributed by atoms with Crippen molar-refractivity contribution in [3.63, 3.8) is 0 Å². The van der Waals surface area contributed by atoms with Gasteiger partial charge in [0.15, 0.2) is 0 Å². The van der Waals surface area contributed by atoms with E-state index in [0.717, 1.165) is 30.7 Å². The van der Waals surface area contributed by atoms with Gasteiger partial charge >= 0.3 is 0 Å². The maximum atomic E-state index is 12.3. The minimum Gasteiger partial charge on any atom is -0.309 e. The molecule has 112 valence electrons. The monoisotopic (exact) mass is 314 g/mol. The summed E-state index contributed by atoms with van der Waals surface area (Å²) in [5.41, 5.74) is 0. The molecular formula is C14H22N2O2S2. The van der Waals surface area contributed by atoms with Gasteiger partial charge < -0.3 is 5.32 Å². The third-order valence-corrected chi connectivity index (χ3v) is 7.00. The predicted octanol–water partition coefficient (Wildman–Crippen LogP) is 2.47. The molecule has 2 aliphatic carbocycles. The highest BCUT2D eigenvalue weighted by molar-refractivity contribution is 7.91. The fraction of sp³-hybridized carbons (Fsp3) is 0.714. The summed E-state index contributed by atoms with van der Waals surface area (Å²) in [5.74, 6) is 0.547. The zero-order chi connectivity index (χ0) is 14.2. The maximum Gasteiger partial charge on any atom is 0.250 e. The Bertz CT molecular complexity index is 563. The van der Waals surface area contributed by atoms with E-state index in [4.69, 9.17) is 0 Å². The highest BCUT2D eigenvalue weighted by Crippen LogP contribution is 2.36. The second-order valence-corrected chi connectivity index (χ2v) is 9.00. The number of sulfonamides is 1. The van der Waals surface area contributed by atoms with E-state index in [1.54, 1.807) is 6.07 Å². The molecule has 0 aliphatic heterocycles. The van der Waals surface area contributed by atoms with Gasteiger partial charge in [-0.3, -0.25) is 0 Å². The van der Waals surface area contributed by atoms with Crippen LogP contribution >= 0.6 is 11.3 Å². The Morgan fingerprint density at radius 3 is 2.85 bits per heavy atom. The second kappa shape index (κ2) is 5.75. The number of rotatable bonds is 8. The molecule has 1 aromatic heterocycles. The van der Waals surface area contributed by atoms with Crippen LogP contribution in [-0.4, -0.2) is 20.5 Å². The van der Waals surface area contributed by atoms with Crippen LogP contribution in [0, 0.1) is 5.92 Å². The predicted molar refractivity (Wildman–Crippen MR) is 81.3 cm³/mol. The van der Waals surface area contributed by atoms with Crippen molar-refractivity contribution in [2.45, 2.75) is 61.9 Å². The Kier molecular flexibility index (Phi) is 4.17. The zero-order valence-electron chi connectivity index (χ0n) is 11.8. The van der Waals surface area contributed by atoms with Crippen molar-refractivity contribution < 1.29 is 8.42 Å². The van der Waals surface area contributed by atoms with Crippen molar-refractivity contribution in [1.82, 2.24) is 10.0 Å². The average Bonchev–Trinajstić information content (AvgIpc) is 3.29. The fourth-order valence-corrected chi connectivity index (χ4v) is 5.11. The first-order valence-corrected chi connectivity index (χ1v) is 9.73. The van der Waals surface area contributed by atoms with E-state index in [-0.39, 0.29) is 6.04 Å². The van der Waals surface area contributed by atoms with Crippen molar-refractivity contribution >= 4 is 21.4 Å². The molecule has 0 saturated heterocycles. The van der Waals surface area contributed by atoms with E-state index < -0.39 is 10.0 Å². The molecule has 4 nitrogen and oxygen atoms in total. The lowest BCUT2D eigenvalue weighted by atomic mass is 10.2. The van der Waals surface area contributed by atoms with Crippen LogP contribution in [0.25, 0.3) is 0 Å². The molecule has 2 saturated carbocycles. The molecule has 2 aliphatic rings. The molecule has 6 heteroatoms. The molecule has 0 radical (unpaired) electrons. The van der Waals surface area contributed by atoms with E-state index in [1.807, 2.05) is 6.07 Å². The summed E-state index contributed by atoms with van der Waals surface area (Å²) in [6.07, 6.45) is 5.73. The number of hydrogen-bond donors (Lipinski definition) is 2. The van der Waals surface area contributed by atoms with Crippen LogP contribution in [-0.2, 0) is 16.6 Å². The van der Waals surface area contributed by atoms with Gasteiger partial charge in [0.25, 0.3) is 0 Å². The van der Waals surface area contributed by atoms with Crippen molar-refractivity contribution in [2.75, 3.05) is 0 Å². The number of hydrogen-bond acceptors (Lipinski definition) is 4. The quantitative estimate of drug-likeness (QED) is 0.775. The SMILES string of the molecule is CCCC1CC1NS(=O)(=O)c1ccc(CNC2CC2)s1. The Morgan fingerprint density at radius 2 is 2.15 bits per heavy atom. The van der Waals surface area contributed by atoms with E-state index >= 15 is 0 Å². The molecule has 0 spiro atoms. The first-order valence-electron chi connectivity index (χ1n) is 7.43. The van der Waals surface area contributed by atoms with Gasteiger partial charge in [-0.1, -0.05) is 13.3 Å². The van der Waals surface area contributed by atoms with Gasteiger partial charge in [0.05, 0.1) is 0 Å². The lowest BCUT2D eigenvalue weighted by Gasteiger charge is -2.03. The van der Waals surface area contributed by atoms with Gasteiger partial charge in [-0.15, -0.1) is 11.3 Å². The van der Waals surface area contributed by atoms with Crippen LogP contribution in [0.1, 0.15) is 43.9 Å². The largest absolute Gasteiger partial charge is 0.309 e.